The molecule has 1 aromatic carbocycles. The van der Waals surface area contributed by atoms with Crippen LogP contribution < -0.4 is 65.2 Å². The maximum atomic E-state index is 14.1. The van der Waals surface area contributed by atoms with Crippen LogP contribution in [0.5, 0.6) is 0 Å². The zero-order chi connectivity index (χ0) is 52.5. The van der Waals surface area contributed by atoms with E-state index < -0.39 is 145 Å². The quantitative estimate of drug-likeness (QED) is 0.0111. The number of aliphatic carboxylic acids is 2. The smallest absolute Gasteiger partial charge is 0.337 e. The molecule has 31 heteroatoms. The minimum absolute atomic E-state index is 0.00695. The summed E-state index contributed by atoms with van der Waals surface area (Å²) in [6.45, 7) is 2.12. The number of hydrogen-bond acceptors (Lipinski definition) is 17. The number of nitrogens with two attached hydrogens (primary N) is 3. The number of carbonyl (C=O) groups is 11. The molecule has 27 nitrogen and oxygen atoms in total. The molecule has 8 atom stereocenters. The van der Waals surface area contributed by atoms with Gasteiger partial charge < -0.3 is 69.9 Å². The van der Waals surface area contributed by atoms with Gasteiger partial charge in [0, 0.05) is 36.3 Å². The first-order valence-corrected chi connectivity index (χ1v) is 25.0. The molecule has 388 valence electrons. The summed E-state index contributed by atoms with van der Waals surface area (Å²) in [6, 6.07) is -3.66. The summed E-state index contributed by atoms with van der Waals surface area (Å²) in [6.07, 6.45) is -2.10. The fraction of sp³-hybridized carbons (Fsp3) is 0.538. The van der Waals surface area contributed by atoms with Gasteiger partial charge in [-0.2, -0.15) is 25.3 Å². The van der Waals surface area contributed by atoms with Crippen molar-refractivity contribution in [1.82, 2.24) is 53.0 Å². The highest BCUT2D eigenvalue weighted by atomic mass is 33.1. The van der Waals surface area contributed by atoms with Crippen LogP contribution in [-0.4, -0.2) is 171 Å². The maximum Gasteiger partial charge on any atom is 0.337 e. The van der Waals surface area contributed by atoms with E-state index in [9.17, 15) is 63.0 Å². The van der Waals surface area contributed by atoms with Crippen molar-refractivity contribution >= 4 is 118 Å². The minimum Gasteiger partial charge on any atom is -0.481 e. The number of carboxylic acids is 2. The molecule has 0 aromatic heterocycles. The van der Waals surface area contributed by atoms with Crippen molar-refractivity contribution in [1.29, 1.82) is 0 Å². The number of guanidine groups is 1. The maximum absolute atomic E-state index is 14.1. The highest BCUT2D eigenvalue weighted by molar-refractivity contribution is 8.76. The summed E-state index contributed by atoms with van der Waals surface area (Å²) in [4.78, 5) is 149. The van der Waals surface area contributed by atoms with Crippen molar-refractivity contribution in [3.8, 4) is 0 Å². The number of hydrogen-bond donors (Lipinski definition) is 16. The lowest BCUT2D eigenvalue weighted by molar-refractivity contribution is -0.141. The Kier molecular flexibility index (Phi) is 26.7. The SMILES string of the molecule is C[C@H](CS)NC(=O)[C@H](Cc1ccccc1)NC(=O)[C@@H]1CSSC[C@H](NC(=O)[C@H](CC(=O)O)NC(=O)N(CS)NC(=O)[C@H](C)N)C(=O)N[C@@H](CCCN=C(N)N)C(=O)NCC(=O)N[C@@H](CC(=O)O)C(=O)N1. The van der Waals surface area contributed by atoms with Gasteiger partial charge in [-0.15, -0.1) is 0 Å². The van der Waals surface area contributed by atoms with Crippen LogP contribution in [0.4, 0.5) is 4.79 Å². The summed E-state index contributed by atoms with van der Waals surface area (Å²) in [5.74, 6) is -12.1. The van der Waals surface area contributed by atoms with Crippen LogP contribution >= 0.6 is 46.8 Å². The molecule has 10 amide bonds. The molecule has 1 aliphatic rings. The highest BCUT2D eigenvalue weighted by Gasteiger charge is 2.35. The van der Waals surface area contributed by atoms with Crippen LogP contribution in [-0.2, 0) is 54.4 Å². The van der Waals surface area contributed by atoms with Gasteiger partial charge in [0.15, 0.2) is 5.96 Å². The minimum atomic E-state index is -1.90. The normalized spacial score (nSPS) is 19.8. The number of aliphatic imine (C=N–C) groups is 1. The lowest BCUT2D eigenvalue weighted by Gasteiger charge is -2.27. The summed E-state index contributed by atoms with van der Waals surface area (Å²) in [5.41, 5.74) is 19.2. The number of nitrogens with zero attached hydrogens (tertiary/aromatic N) is 2. The Hall–Kier alpha value is -6.18. The number of thiol groups is 2. The third-order valence-corrected chi connectivity index (χ3v) is 12.7. The van der Waals surface area contributed by atoms with Gasteiger partial charge in [0.2, 0.25) is 41.4 Å². The van der Waals surface area contributed by atoms with Crippen LogP contribution in [0.2, 0.25) is 0 Å². The van der Waals surface area contributed by atoms with Crippen molar-refractivity contribution in [2.45, 2.75) is 94.3 Å². The lowest BCUT2D eigenvalue weighted by atomic mass is 10.0. The van der Waals surface area contributed by atoms with Crippen molar-refractivity contribution in [2.75, 3.05) is 36.2 Å². The van der Waals surface area contributed by atoms with Gasteiger partial charge in [-0.3, -0.25) is 58.4 Å². The first-order valence-electron chi connectivity index (χ1n) is 21.3. The van der Waals surface area contributed by atoms with Crippen molar-refractivity contribution in [2.24, 2.45) is 22.2 Å². The predicted octanol–water partition coefficient (Wildman–Crippen LogP) is -4.75. The van der Waals surface area contributed by atoms with E-state index in [0.29, 0.717) is 10.6 Å². The summed E-state index contributed by atoms with van der Waals surface area (Å²) in [7, 11) is 1.68. The lowest BCUT2D eigenvalue weighted by Crippen LogP contribution is -2.60. The van der Waals surface area contributed by atoms with Gasteiger partial charge in [0.05, 0.1) is 31.3 Å². The molecule has 0 spiro atoms. The number of carbonyl (C=O) groups excluding carboxylic acids is 9. The Balaban J connectivity index is 2.61. The van der Waals surface area contributed by atoms with Crippen molar-refractivity contribution in [3.05, 3.63) is 35.9 Å². The second kappa shape index (κ2) is 31.1. The molecule has 0 unspecified atom stereocenters. The molecular weight excluding hydrogens is 1000 g/mol. The highest BCUT2D eigenvalue weighted by Crippen LogP contribution is 2.24. The van der Waals surface area contributed by atoms with Crippen LogP contribution in [0.3, 0.4) is 0 Å². The van der Waals surface area contributed by atoms with E-state index in [1.165, 1.54) is 6.92 Å². The van der Waals surface area contributed by atoms with Crippen molar-refractivity contribution in [3.63, 3.8) is 0 Å². The molecule has 1 aliphatic heterocycles. The fourth-order valence-corrected chi connectivity index (χ4v) is 8.44. The number of amides is 10. The Labute approximate surface area is 420 Å². The number of carboxylic acid groups (broad SMARTS) is 2. The standard InChI is InChI=1S/C39H60N14O13S4/c1-19(15-67)45-33(61)23(11-21-7-4-3-5-8-21)48-37(65)27-17-70-69-16-26(50-35(63)25(13-30(57)58)51-39(66)53(18-68)52-31(59)20(2)40)36(64)47-22(9-6-10-43-38(41)42)32(60)44-14-28(54)46-24(12-29(55)56)34(62)49-27/h3-5,7-8,19-20,22-27,67-68H,6,9-18,40H2,1-2H3,(H,44,60)(H,45,61)(H,46,54)(H,47,64)(H,48,65)(H,49,62)(H,50,63)(H,51,66)(H,52,59)(H,55,56)(H,57,58)(H4,41,42,43)/t19-,20+,22+,23+,24+,25+,26+,27+/m1/s1. The first-order chi connectivity index (χ1) is 33.0. The van der Waals surface area contributed by atoms with E-state index in [2.05, 4.69) is 78.2 Å². The average molecular weight is 1060 g/mol. The first kappa shape index (κ1) is 59.9. The molecule has 0 radical (unpaired) electrons. The molecule has 70 heavy (non-hydrogen) atoms. The Morgan fingerprint density at radius 3 is 2.10 bits per heavy atom. The largest absolute Gasteiger partial charge is 0.481 e. The van der Waals surface area contributed by atoms with Gasteiger partial charge in [-0.25, -0.2) is 9.80 Å². The average Bonchev–Trinajstić information content (AvgIpc) is 3.29. The van der Waals surface area contributed by atoms with E-state index in [0.717, 1.165) is 21.6 Å². The number of nitrogens with one attached hydrogen (secondary N) is 9. The van der Waals surface area contributed by atoms with E-state index in [1.54, 1.807) is 37.3 Å². The second-order valence-corrected chi connectivity index (χ2v) is 18.6. The summed E-state index contributed by atoms with van der Waals surface area (Å²) >= 11 is 8.19. The van der Waals surface area contributed by atoms with E-state index in [-0.39, 0.29) is 43.3 Å². The van der Waals surface area contributed by atoms with E-state index >= 15 is 0 Å². The van der Waals surface area contributed by atoms with Crippen LogP contribution in [0.1, 0.15) is 45.1 Å². The van der Waals surface area contributed by atoms with Gasteiger partial charge in [0.1, 0.15) is 36.3 Å². The third kappa shape index (κ3) is 22.5. The Bertz CT molecular complexity index is 2060. The Morgan fingerprint density at radius 1 is 0.829 bits per heavy atom. The van der Waals surface area contributed by atoms with Crippen molar-refractivity contribution < 1.29 is 63.0 Å². The monoisotopic (exact) mass is 1060 g/mol. The van der Waals surface area contributed by atoms with Crippen LogP contribution in [0.15, 0.2) is 35.3 Å². The second-order valence-electron chi connectivity index (χ2n) is 15.4. The summed E-state index contributed by atoms with van der Waals surface area (Å²) in [5, 5.41) is 39.2. The van der Waals surface area contributed by atoms with Gasteiger partial charge in [-0.1, -0.05) is 51.9 Å². The molecular formula is C39H60N14O13S4. The number of hydrazine groups is 1. The molecule has 0 aliphatic carbocycles. The molecule has 17 N–H and O–H groups in total. The number of benzene rings is 1. The predicted molar refractivity (Wildman–Crippen MR) is 263 cm³/mol. The topological polar surface area (TPSA) is 430 Å². The van der Waals surface area contributed by atoms with E-state index in [4.69, 9.17) is 17.2 Å². The number of rotatable bonds is 20. The zero-order valence-corrected chi connectivity index (χ0v) is 41.4. The molecule has 1 aromatic rings. The van der Waals surface area contributed by atoms with Gasteiger partial charge in [0.25, 0.3) is 5.91 Å². The molecule has 1 fully saturated rings. The fourth-order valence-electron chi connectivity index (χ4n) is 5.82. The third-order valence-electron chi connectivity index (χ3n) is 9.47. The van der Waals surface area contributed by atoms with Crippen LogP contribution in [0.25, 0.3) is 0 Å². The molecule has 0 bridgehead atoms. The molecule has 1 heterocycles. The molecule has 2 rings (SSSR count). The molecule has 0 saturated carbocycles. The number of urea groups is 1. The van der Waals surface area contributed by atoms with Gasteiger partial charge in [-0.05, 0) is 32.3 Å². The Morgan fingerprint density at radius 2 is 1.50 bits per heavy atom. The summed E-state index contributed by atoms with van der Waals surface area (Å²) < 4.78 is 0. The van der Waals surface area contributed by atoms with E-state index in [1.807, 2.05) is 0 Å². The zero-order valence-electron chi connectivity index (χ0n) is 38.0. The molecule has 1 saturated heterocycles. The van der Waals surface area contributed by atoms with Gasteiger partial charge >= 0.3 is 18.0 Å². The van der Waals surface area contributed by atoms with Crippen LogP contribution in [0, 0.1) is 0 Å².